The molecule has 2 aromatic rings. The fraction of sp³-hybridized carbons (Fsp3) is 0.652. The van der Waals surface area contributed by atoms with Crippen molar-refractivity contribution in [3.63, 3.8) is 0 Å². The number of unbranched alkanes of at least 4 members (excludes halogenated alkanes) is 11. The molecule has 2 aromatic heterocycles. The van der Waals surface area contributed by atoms with E-state index in [1.807, 2.05) is 0 Å². The summed E-state index contributed by atoms with van der Waals surface area (Å²) >= 11 is 0. The molecule has 0 atom stereocenters. The summed E-state index contributed by atoms with van der Waals surface area (Å²) in [5.41, 5.74) is 4.84. The molecule has 0 radical (unpaired) electrons. The first-order valence-electron chi connectivity index (χ1n) is 11.7. The number of primary amides is 1. The van der Waals surface area contributed by atoms with Crippen molar-refractivity contribution in [1.29, 1.82) is 0 Å². The summed E-state index contributed by atoms with van der Waals surface area (Å²) in [5, 5.41) is 0. The molecule has 0 aromatic carbocycles. The first-order chi connectivity index (χ1) is 15.1. The molecular weight excluding hydrogens is 394 g/mol. The van der Waals surface area contributed by atoms with Gasteiger partial charge >= 0.3 is 5.69 Å². The van der Waals surface area contributed by atoms with Crippen LogP contribution in [0.25, 0.3) is 11.2 Å². The number of nitrogens with zero attached hydrogens (tertiary/aromatic N) is 1. The van der Waals surface area contributed by atoms with Gasteiger partial charge in [-0.25, -0.2) is 9.78 Å². The molecule has 0 unspecified atom stereocenters. The Morgan fingerprint density at radius 2 is 1.35 bits per heavy atom. The normalized spacial score (nSPS) is 11.6. The minimum atomic E-state index is -0.529. The Morgan fingerprint density at radius 1 is 0.774 bits per heavy atom. The minimum Gasteiger partial charge on any atom is -0.370 e. The molecule has 5 N–H and O–H groups in total. The maximum atomic E-state index is 11.7. The number of hydrogen-bond acceptors (Lipinski definition) is 4. The third kappa shape index (κ3) is 10.3. The van der Waals surface area contributed by atoms with Crippen molar-refractivity contribution < 1.29 is 4.79 Å². The zero-order valence-electron chi connectivity index (χ0n) is 18.5. The maximum absolute atomic E-state index is 11.7. The fourth-order valence-electron chi connectivity index (χ4n) is 3.69. The Kier molecular flexibility index (Phi) is 11.4. The van der Waals surface area contributed by atoms with E-state index in [0.29, 0.717) is 17.6 Å². The van der Waals surface area contributed by atoms with Gasteiger partial charge in [0.1, 0.15) is 11.3 Å². The molecule has 0 saturated carbocycles. The minimum absolute atomic E-state index is 0.191. The lowest BCUT2D eigenvalue weighted by Gasteiger charge is -2.00. The highest BCUT2D eigenvalue weighted by atomic mass is 16.2. The van der Waals surface area contributed by atoms with E-state index in [2.05, 4.69) is 32.1 Å². The van der Waals surface area contributed by atoms with Crippen LogP contribution in [0.3, 0.4) is 0 Å². The molecule has 0 aliphatic carbocycles. The standard InChI is InChI=1S/C23H37N5O3/c24-18(29)16-14-12-10-8-6-4-2-1-3-5-7-9-11-13-15-17-19-25-20-21(26-19)27-23(31)28-22(20)30/h1-2H,3-17H2,(H2,24,29)(H3,25,26,27,28,30,31)/b2-1-. The largest absolute Gasteiger partial charge is 0.370 e. The highest BCUT2D eigenvalue weighted by molar-refractivity contribution is 5.73. The molecule has 0 fully saturated rings. The van der Waals surface area contributed by atoms with E-state index in [0.717, 1.165) is 50.8 Å². The van der Waals surface area contributed by atoms with E-state index < -0.39 is 11.2 Å². The molecule has 2 heterocycles. The second-order valence-electron chi connectivity index (χ2n) is 8.22. The number of imidazole rings is 1. The first-order valence-corrected chi connectivity index (χ1v) is 11.7. The summed E-state index contributed by atoms with van der Waals surface area (Å²) in [6.07, 6.45) is 21.0. The first kappa shape index (κ1) is 24.6. The zero-order chi connectivity index (χ0) is 22.3. The van der Waals surface area contributed by atoms with Crippen molar-refractivity contribution in [3.05, 3.63) is 38.8 Å². The highest BCUT2D eigenvalue weighted by Gasteiger charge is 2.07. The molecule has 8 heteroatoms. The number of amides is 1. The predicted molar refractivity (Wildman–Crippen MR) is 124 cm³/mol. The molecular formula is C23H37N5O3. The molecule has 172 valence electrons. The van der Waals surface area contributed by atoms with Crippen LogP contribution < -0.4 is 17.0 Å². The van der Waals surface area contributed by atoms with Gasteiger partial charge in [-0.3, -0.25) is 19.6 Å². The van der Waals surface area contributed by atoms with Crippen molar-refractivity contribution in [2.24, 2.45) is 5.73 Å². The summed E-state index contributed by atoms with van der Waals surface area (Å²) in [5.74, 6) is 0.558. The summed E-state index contributed by atoms with van der Waals surface area (Å²) in [6.45, 7) is 0. The van der Waals surface area contributed by atoms with E-state index >= 15 is 0 Å². The average molecular weight is 432 g/mol. The second-order valence-corrected chi connectivity index (χ2v) is 8.22. The number of hydrogen-bond donors (Lipinski definition) is 4. The molecule has 0 saturated heterocycles. The lowest BCUT2D eigenvalue weighted by atomic mass is 10.1. The Hall–Kier alpha value is -2.64. The third-order valence-electron chi connectivity index (χ3n) is 5.43. The number of fused-ring (bicyclic) bond motifs is 1. The van der Waals surface area contributed by atoms with Gasteiger partial charge in [-0.1, -0.05) is 57.1 Å². The van der Waals surface area contributed by atoms with Crippen molar-refractivity contribution in [2.45, 2.75) is 96.3 Å². The van der Waals surface area contributed by atoms with Crippen molar-refractivity contribution in [2.75, 3.05) is 0 Å². The van der Waals surface area contributed by atoms with Crippen molar-refractivity contribution in [1.82, 2.24) is 19.9 Å². The Balaban J connectivity index is 1.40. The van der Waals surface area contributed by atoms with E-state index in [4.69, 9.17) is 5.73 Å². The van der Waals surface area contributed by atoms with Crippen LogP contribution in [0, 0.1) is 0 Å². The van der Waals surface area contributed by atoms with E-state index in [1.54, 1.807) is 0 Å². The summed E-state index contributed by atoms with van der Waals surface area (Å²) in [7, 11) is 0. The van der Waals surface area contributed by atoms with Gasteiger partial charge < -0.3 is 10.7 Å². The molecule has 2 rings (SSSR count). The van der Waals surface area contributed by atoms with Gasteiger partial charge in [0.05, 0.1) is 0 Å². The van der Waals surface area contributed by atoms with Crippen LogP contribution in [0.1, 0.15) is 95.7 Å². The van der Waals surface area contributed by atoms with Gasteiger partial charge in [0.15, 0.2) is 5.65 Å². The fourth-order valence-corrected chi connectivity index (χ4v) is 3.69. The number of carbonyl (C=O) groups excluding carboxylic acids is 1. The Morgan fingerprint density at radius 3 is 2.00 bits per heavy atom. The van der Waals surface area contributed by atoms with Gasteiger partial charge in [0, 0.05) is 12.8 Å². The molecule has 31 heavy (non-hydrogen) atoms. The summed E-state index contributed by atoms with van der Waals surface area (Å²) in [4.78, 5) is 45.6. The van der Waals surface area contributed by atoms with Gasteiger partial charge in [0.2, 0.25) is 5.91 Å². The lowest BCUT2D eigenvalue weighted by molar-refractivity contribution is -0.118. The zero-order valence-corrected chi connectivity index (χ0v) is 18.5. The van der Waals surface area contributed by atoms with Crippen molar-refractivity contribution in [3.8, 4) is 0 Å². The molecule has 0 aliphatic heterocycles. The maximum Gasteiger partial charge on any atom is 0.327 e. The highest BCUT2D eigenvalue weighted by Crippen LogP contribution is 2.11. The van der Waals surface area contributed by atoms with Crippen LogP contribution in [0.2, 0.25) is 0 Å². The summed E-state index contributed by atoms with van der Waals surface area (Å²) in [6, 6.07) is 0. The van der Waals surface area contributed by atoms with E-state index in [9.17, 15) is 14.4 Å². The number of aromatic nitrogens is 4. The van der Waals surface area contributed by atoms with Crippen LogP contribution >= 0.6 is 0 Å². The number of H-pyrrole nitrogens is 3. The van der Waals surface area contributed by atoms with Crippen LogP contribution in [0.15, 0.2) is 21.7 Å². The number of nitrogens with two attached hydrogens (primary N) is 1. The summed E-state index contributed by atoms with van der Waals surface area (Å²) < 4.78 is 0. The van der Waals surface area contributed by atoms with Crippen molar-refractivity contribution >= 4 is 17.1 Å². The predicted octanol–water partition coefficient (Wildman–Crippen LogP) is 3.98. The Labute approximate surface area is 183 Å². The molecule has 1 amide bonds. The van der Waals surface area contributed by atoms with Gasteiger partial charge in [-0.05, 0) is 38.5 Å². The molecule has 0 bridgehead atoms. The monoisotopic (exact) mass is 431 g/mol. The average Bonchev–Trinajstić information content (AvgIpc) is 3.13. The van der Waals surface area contributed by atoms with Gasteiger partial charge in [-0.2, -0.15) is 0 Å². The molecule has 0 spiro atoms. The number of aromatic amines is 3. The smallest absolute Gasteiger partial charge is 0.327 e. The number of rotatable bonds is 17. The number of aryl methyl sites for hydroxylation is 1. The van der Waals surface area contributed by atoms with Gasteiger partial charge in [0.25, 0.3) is 5.56 Å². The van der Waals surface area contributed by atoms with Crippen LogP contribution in [-0.4, -0.2) is 25.8 Å². The van der Waals surface area contributed by atoms with Crippen LogP contribution in [0.4, 0.5) is 0 Å². The van der Waals surface area contributed by atoms with E-state index in [1.165, 1.54) is 44.9 Å². The lowest BCUT2D eigenvalue weighted by Crippen LogP contribution is -2.21. The van der Waals surface area contributed by atoms with E-state index in [-0.39, 0.29) is 5.91 Å². The quantitative estimate of drug-likeness (QED) is 0.222. The SMILES string of the molecule is NC(=O)CCCCCCC/C=C\CCCCCCCCc1nc2[nH]c(=O)[nH]c(=O)c2[nH]1. The topological polar surface area (TPSA) is 137 Å². The molecule has 8 nitrogen and oxygen atoms in total. The van der Waals surface area contributed by atoms with Crippen LogP contribution in [-0.2, 0) is 11.2 Å². The van der Waals surface area contributed by atoms with Crippen LogP contribution in [0.5, 0.6) is 0 Å². The Bertz CT molecular complexity index is 925. The number of carbonyl (C=O) groups is 1. The number of nitrogens with one attached hydrogen (secondary N) is 3. The second kappa shape index (κ2) is 14.4. The van der Waals surface area contributed by atoms with Gasteiger partial charge in [-0.15, -0.1) is 0 Å². The number of allylic oxidation sites excluding steroid dienone is 2. The molecule has 0 aliphatic rings. The third-order valence-corrected chi connectivity index (χ3v) is 5.43.